The van der Waals surface area contributed by atoms with Crippen LogP contribution in [0.5, 0.6) is 0 Å². The van der Waals surface area contributed by atoms with E-state index in [1.165, 1.54) is 0 Å². The Balaban J connectivity index is 0.000000640. The van der Waals surface area contributed by atoms with E-state index in [1.807, 2.05) is 60.7 Å². The van der Waals surface area contributed by atoms with Crippen molar-refractivity contribution in [3.8, 4) is 0 Å². The van der Waals surface area contributed by atoms with E-state index in [2.05, 4.69) is 5.32 Å². The lowest BCUT2D eigenvalue weighted by Crippen LogP contribution is -2.57. The standard InChI is InChI=1S/C18H19N3O3.C2H4O2/c22-17(23)16-13-20(12-11-19-16)18(24)21(14-7-3-1-4-8-14)15-9-5-2-6-10-15;1-2(3)4/h1-10,16,19H,11-13H2,(H,22,23);1H3,(H,3,4). The number of carboxylic acid groups (broad SMARTS) is 2. The first-order valence-electron chi connectivity index (χ1n) is 8.75. The summed E-state index contributed by atoms with van der Waals surface area (Å²) in [7, 11) is 0. The maximum Gasteiger partial charge on any atom is 0.329 e. The Bertz CT molecular complexity index is 755. The summed E-state index contributed by atoms with van der Waals surface area (Å²) in [5.74, 6) is -1.78. The van der Waals surface area contributed by atoms with Gasteiger partial charge in [0, 0.05) is 26.6 Å². The maximum atomic E-state index is 13.1. The lowest BCUT2D eigenvalue weighted by molar-refractivity contribution is -0.140. The summed E-state index contributed by atoms with van der Waals surface area (Å²) in [5.41, 5.74) is 1.50. The average Bonchev–Trinajstić information content (AvgIpc) is 2.69. The third-order valence-electron chi connectivity index (χ3n) is 3.96. The SMILES string of the molecule is CC(=O)O.O=C(O)C1CN(C(=O)N(c2ccccc2)c2ccccc2)CCN1. The summed E-state index contributed by atoms with van der Waals surface area (Å²) >= 11 is 0. The van der Waals surface area contributed by atoms with Gasteiger partial charge in [0.15, 0.2) is 0 Å². The molecule has 2 amide bonds. The molecule has 0 aromatic heterocycles. The number of carbonyl (C=O) groups is 3. The van der Waals surface area contributed by atoms with Crippen molar-refractivity contribution in [1.82, 2.24) is 10.2 Å². The van der Waals surface area contributed by atoms with Crippen molar-refractivity contribution < 1.29 is 24.6 Å². The normalized spacial score (nSPS) is 15.8. The monoisotopic (exact) mass is 385 g/mol. The van der Waals surface area contributed by atoms with Crippen LogP contribution in [0.4, 0.5) is 16.2 Å². The van der Waals surface area contributed by atoms with E-state index in [0.29, 0.717) is 13.1 Å². The first kappa shape index (κ1) is 20.9. The number of aliphatic carboxylic acids is 2. The molecular weight excluding hydrogens is 362 g/mol. The largest absolute Gasteiger partial charge is 0.481 e. The second-order valence-electron chi connectivity index (χ2n) is 6.10. The van der Waals surface area contributed by atoms with E-state index >= 15 is 0 Å². The molecule has 8 nitrogen and oxygen atoms in total. The van der Waals surface area contributed by atoms with Crippen LogP contribution in [0.2, 0.25) is 0 Å². The molecule has 2 aromatic carbocycles. The fraction of sp³-hybridized carbons (Fsp3) is 0.250. The number of urea groups is 1. The molecule has 3 rings (SSSR count). The van der Waals surface area contributed by atoms with Crippen LogP contribution < -0.4 is 10.2 Å². The molecule has 28 heavy (non-hydrogen) atoms. The van der Waals surface area contributed by atoms with Gasteiger partial charge in [-0.15, -0.1) is 0 Å². The predicted octanol–water partition coefficient (Wildman–Crippen LogP) is 2.39. The van der Waals surface area contributed by atoms with Gasteiger partial charge < -0.3 is 20.4 Å². The predicted molar refractivity (Wildman–Crippen MR) is 105 cm³/mol. The van der Waals surface area contributed by atoms with Gasteiger partial charge in [-0.1, -0.05) is 36.4 Å². The summed E-state index contributed by atoms with van der Waals surface area (Å²) in [6.45, 7) is 2.16. The van der Waals surface area contributed by atoms with Crippen molar-refractivity contribution >= 4 is 29.3 Å². The zero-order valence-electron chi connectivity index (χ0n) is 15.5. The number of amides is 2. The molecule has 2 aromatic rings. The fourth-order valence-corrected chi connectivity index (χ4v) is 2.75. The van der Waals surface area contributed by atoms with Crippen molar-refractivity contribution in [3.05, 3.63) is 60.7 Å². The van der Waals surface area contributed by atoms with Gasteiger partial charge in [-0.2, -0.15) is 0 Å². The maximum absolute atomic E-state index is 13.1. The average molecular weight is 385 g/mol. The molecule has 0 saturated carbocycles. The number of hydrogen-bond acceptors (Lipinski definition) is 4. The second-order valence-corrected chi connectivity index (χ2v) is 6.10. The highest BCUT2D eigenvalue weighted by Crippen LogP contribution is 2.26. The number of carboxylic acids is 2. The molecule has 148 valence electrons. The molecule has 0 radical (unpaired) electrons. The number of anilines is 2. The number of hydrogen-bond donors (Lipinski definition) is 3. The molecule has 1 atom stereocenters. The Morgan fingerprint density at radius 2 is 1.43 bits per heavy atom. The van der Waals surface area contributed by atoms with E-state index in [9.17, 15) is 14.7 Å². The van der Waals surface area contributed by atoms with Crippen LogP contribution in [0.25, 0.3) is 0 Å². The minimum Gasteiger partial charge on any atom is -0.481 e. The van der Waals surface area contributed by atoms with Crippen LogP contribution in [-0.4, -0.2) is 58.8 Å². The number of piperazine rings is 1. The van der Waals surface area contributed by atoms with E-state index in [-0.39, 0.29) is 12.6 Å². The van der Waals surface area contributed by atoms with Crippen LogP contribution in [0.15, 0.2) is 60.7 Å². The van der Waals surface area contributed by atoms with E-state index < -0.39 is 18.0 Å². The highest BCUT2D eigenvalue weighted by molar-refractivity contribution is 5.99. The molecule has 0 spiro atoms. The molecule has 1 heterocycles. The van der Waals surface area contributed by atoms with Gasteiger partial charge in [0.1, 0.15) is 6.04 Å². The fourth-order valence-electron chi connectivity index (χ4n) is 2.75. The number of nitrogens with zero attached hydrogens (tertiary/aromatic N) is 2. The Labute approximate surface area is 163 Å². The Morgan fingerprint density at radius 3 is 1.86 bits per heavy atom. The molecule has 1 fully saturated rings. The van der Waals surface area contributed by atoms with Crippen LogP contribution >= 0.6 is 0 Å². The van der Waals surface area contributed by atoms with Gasteiger partial charge in [-0.25, -0.2) is 4.79 Å². The van der Waals surface area contributed by atoms with Crippen molar-refractivity contribution in [2.75, 3.05) is 24.5 Å². The highest BCUT2D eigenvalue weighted by atomic mass is 16.4. The van der Waals surface area contributed by atoms with E-state index in [1.54, 1.807) is 9.80 Å². The lowest BCUT2D eigenvalue weighted by atomic mass is 10.2. The van der Waals surface area contributed by atoms with Crippen LogP contribution in [0.1, 0.15) is 6.92 Å². The topological polar surface area (TPSA) is 110 Å². The summed E-state index contributed by atoms with van der Waals surface area (Å²) in [5, 5.41) is 19.5. The van der Waals surface area contributed by atoms with Crippen LogP contribution in [0, 0.1) is 0 Å². The minimum atomic E-state index is -0.946. The van der Waals surface area contributed by atoms with Gasteiger partial charge in [-0.3, -0.25) is 14.5 Å². The highest BCUT2D eigenvalue weighted by Gasteiger charge is 2.31. The second kappa shape index (κ2) is 10.1. The third-order valence-corrected chi connectivity index (χ3v) is 3.96. The Hall–Kier alpha value is -3.39. The number of para-hydroxylation sites is 2. The van der Waals surface area contributed by atoms with Gasteiger partial charge in [0.2, 0.25) is 0 Å². The van der Waals surface area contributed by atoms with Crippen molar-refractivity contribution in [3.63, 3.8) is 0 Å². The molecule has 1 aliphatic heterocycles. The summed E-state index contributed by atoms with van der Waals surface area (Å²) in [4.78, 5) is 36.5. The first-order chi connectivity index (χ1) is 13.4. The summed E-state index contributed by atoms with van der Waals surface area (Å²) in [6.07, 6.45) is 0. The molecular formula is C20H23N3O5. The quantitative estimate of drug-likeness (QED) is 0.748. The van der Waals surface area contributed by atoms with Crippen molar-refractivity contribution in [2.24, 2.45) is 0 Å². The van der Waals surface area contributed by atoms with Crippen LogP contribution in [0.3, 0.4) is 0 Å². The lowest BCUT2D eigenvalue weighted by Gasteiger charge is -2.35. The van der Waals surface area contributed by atoms with Crippen molar-refractivity contribution in [2.45, 2.75) is 13.0 Å². The van der Waals surface area contributed by atoms with Gasteiger partial charge >= 0.3 is 12.0 Å². The summed E-state index contributed by atoms with van der Waals surface area (Å²) in [6, 6.07) is 17.8. The zero-order valence-corrected chi connectivity index (χ0v) is 15.5. The van der Waals surface area contributed by atoms with Crippen molar-refractivity contribution in [1.29, 1.82) is 0 Å². The number of benzene rings is 2. The summed E-state index contributed by atoms with van der Waals surface area (Å²) < 4.78 is 0. The molecule has 1 aliphatic rings. The molecule has 1 unspecified atom stereocenters. The van der Waals surface area contributed by atoms with E-state index in [4.69, 9.17) is 9.90 Å². The van der Waals surface area contributed by atoms with Crippen LogP contribution in [-0.2, 0) is 9.59 Å². The zero-order chi connectivity index (χ0) is 20.5. The molecule has 8 heteroatoms. The molecule has 0 bridgehead atoms. The number of carbonyl (C=O) groups excluding carboxylic acids is 1. The molecule has 0 aliphatic carbocycles. The molecule has 1 saturated heterocycles. The number of rotatable bonds is 3. The Morgan fingerprint density at radius 1 is 0.964 bits per heavy atom. The van der Waals surface area contributed by atoms with Gasteiger partial charge in [0.25, 0.3) is 5.97 Å². The Kier molecular flexibility index (Phi) is 7.53. The van der Waals surface area contributed by atoms with Gasteiger partial charge in [0.05, 0.1) is 11.4 Å². The first-order valence-corrected chi connectivity index (χ1v) is 8.75. The minimum absolute atomic E-state index is 0.143. The smallest absolute Gasteiger partial charge is 0.329 e. The van der Waals surface area contributed by atoms with E-state index in [0.717, 1.165) is 18.3 Å². The molecule has 3 N–H and O–H groups in total. The van der Waals surface area contributed by atoms with Gasteiger partial charge in [-0.05, 0) is 24.3 Å². The third kappa shape index (κ3) is 5.82. The number of nitrogens with one attached hydrogen (secondary N) is 1.